The highest BCUT2D eigenvalue weighted by atomic mass is 16.8. The quantitative estimate of drug-likeness (QED) is 0.866. The fraction of sp³-hybridized carbons (Fsp3) is 0.200. The van der Waals surface area contributed by atoms with Gasteiger partial charge in [0.25, 0.3) is 0 Å². The summed E-state index contributed by atoms with van der Waals surface area (Å²) in [5.41, 5.74) is 7.02. The van der Waals surface area contributed by atoms with E-state index in [0.717, 1.165) is 5.56 Å². The second kappa shape index (κ2) is 5.57. The van der Waals surface area contributed by atoms with Gasteiger partial charge < -0.3 is 19.7 Å². The molecule has 0 bridgehead atoms. The van der Waals surface area contributed by atoms with Crippen molar-refractivity contribution in [1.29, 1.82) is 0 Å². The van der Waals surface area contributed by atoms with Crippen molar-refractivity contribution in [2.45, 2.75) is 19.1 Å². The van der Waals surface area contributed by atoms with E-state index in [9.17, 15) is 0 Å². The lowest BCUT2D eigenvalue weighted by Gasteiger charge is -2.22. The Hall–Kier alpha value is -1.98. The van der Waals surface area contributed by atoms with Crippen LogP contribution >= 0.6 is 0 Å². The number of hydrogen-bond donors (Lipinski definition) is 1. The van der Waals surface area contributed by atoms with Crippen molar-refractivity contribution in [3.8, 4) is 11.5 Å². The van der Waals surface area contributed by atoms with Gasteiger partial charge in [-0.25, -0.2) is 0 Å². The average Bonchev–Trinajstić information content (AvgIpc) is 2.88. The molecular weight excluding hydrogens is 253 g/mol. The Bertz CT molecular complexity index is 551. The van der Waals surface area contributed by atoms with Crippen LogP contribution in [0.1, 0.15) is 18.6 Å². The van der Waals surface area contributed by atoms with Gasteiger partial charge in [0.05, 0.1) is 6.10 Å². The smallest absolute Gasteiger partial charge is 0.498 e. The van der Waals surface area contributed by atoms with Crippen molar-refractivity contribution >= 4 is 7.32 Å². The van der Waals surface area contributed by atoms with Crippen LogP contribution in [0, 0.1) is 0 Å². The minimum absolute atomic E-state index is 0.173. The molecule has 1 heterocycles. The Morgan fingerprint density at radius 1 is 0.950 bits per heavy atom. The van der Waals surface area contributed by atoms with Crippen molar-refractivity contribution in [1.82, 2.24) is 0 Å². The molecule has 0 spiro atoms. The van der Waals surface area contributed by atoms with Crippen molar-refractivity contribution in [3.05, 3.63) is 60.2 Å². The highest BCUT2D eigenvalue weighted by Crippen LogP contribution is 2.34. The Morgan fingerprint density at radius 2 is 1.50 bits per heavy atom. The molecule has 0 aromatic heterocycles. The Kier molecular flexibility index (Phi) is 3.63. The number of hydrogen-bond acceptors (Lipinski definition) is 4. The Morgan fingerprint density at radius 3 is 2.05 bits per heavy atom. The molecule has 2 aromatic carbocycles. The van der Waals surface area contributed by atoms with E-state index in [1.54, 1.807) is 0 Å². The van der Waals surface area contributed by atoms with Gasteiger partial charge in [-0.2, -0.15) is 0 Å². The van der Waals surface area contributed by atoms with Gasteiger partial charge in [0.1, 0.15) is 11.5 Å². The topological polar surface area (TPSA) is 53.7 Å². The van der Waals surface area contributed by atoms with Crippen LogP contribution in [0.15, 0.2) is 54.6 Å². The third kappa shape index (κ3) is 2.64. The second-order valence-corrected chi connectivity index (χ2v) is 4.80. The van der Waals surface area contributed by atoms with E-state index in [0.29, 0.717) is 11.5 Å². The van der Waals surface area contributed by atoms with Gasteiger partial charge in [-0.3, -0.25) is 0 Å². The largest absolute Gasteiger partial charge is 0.788 e. The predicted octanol–water partition coefficient (Wildman–Crippen LogP) is 2.55. The Labute approximate surface area is 118 Å². The minimum atomic E-state index is -0.761. The van der Waals surface area contributed by atoms with Crippen molar-refractivity contribution in [2.24, 2.45) is 5.73 Å². The molecule has 2 N–H and O–H groups in total. The van der Waals surface area contributed by atoms with Gasteiger partial charge in [0, 0.05) is 6.04 Å². The molecule has 0 radical (unpaired) electrons. The van der Waals surface area contributed by atoms with Gasteiger partial charge >= 0.3 is 7.32 Å². The van der Waals surface area contributed by atoms with Crippen LogP contribution in [0.25, 0.3) is 0 Å². The predicted molar refractivity (Wildman–Crippen MR) is 77.4 cm³/mol. The van der Waals surface area contributed by atoms with Gasteiger partial charge in [-0.15, -0.1) is 0 Å². The van der Waals surface area contributed by atoms with Gasteiger partial charge in [0.15, 0.2) is 0 Å². The molecule has 0 unspecified atom stereocenters. The molecule has 0 saturated heterocycles. The van der Waals surface area contributed by atoms with Crippen LogP contribution in [0.4, 0.5) is 0 Å². The fourth-order valence-corrected chi connectivity index (χ4v) is 2.20. The molecule has 2 atom stereocenters. The van der Waals surface area contributed by atoms with E-state index < -0.39 is 7.32 Å². The van der Waals surface area contributed by atoms with E-state index in [2.05, 4.69) is 0 Å². The summed E-state index contributed by atoms with van der Waals surface area (Å²) in [6.45, 7) is 1.90. The average molecular weight is 269 g/mol. The van der Waals surface area contributed by atoms with Crippen LogP contribution < -0.4 is 15.0 Å². The zero-order chi connectivity index (χ0) is 13.9. The molecular formula is C15H16BNO3. The molecule has 5 heteroatoms. The fourth-order valence-electron chi connectivity index (χ4n) is 2.20. The molecule has 0 amide bonds. The Balaban J connectivity index is 1.73. The molecule has 3 rings (SSSR count). The zero-order valence-electron chi connectivity index (χ0n) is 11.2. The lowest BCUT2D eigenvalue weighted by atomic mass is 10.0. The number of fused-ring (bicyclic) bond motifs is 1. The first kappa shape index (κ1) is 13.0. The van der Waals surface area contributed by atoms with Crippen LogP contribution in [0.2, 0.25) is 0 Å². The summed E-state index contributed by atoms with van der Waals surface area (Å²) in [5.74, 6) is 1.38. The molecule has 2 aromatic rings. The first-order valence-corrected chi connectivity index (χ1v) is 6.62. The molecule has 0 fully saturated rings. The lowest BCUT2D eigenvalue weighted by Crippen LogP contribution is -2.37. The third-order valence-corrected chi connectivity index (χ3v) is 3.16. The maximum Gasteiger partial charge on any atom is 0.788 e. The summed E-state index contributed by atoms with van der Waals surface area (Å²) in [6, 6.07) is 17.2. The third-order valence-electron chi connectivity index (χ3n) is 3.16. The van der Waals surface area contributed by atoms with Crippen LogP contribution in [0.5, 0.6) is 11.5 Å². The highest BCUT2D eigenvalue weighted by Gasteiger charge is 2.38. The summed E-state index contributed by atoms with van der Waals surface area (Å²) in [7, 11) is -0.761. The summed E-state index contributed by atoms with van der Waals surface area (Å²) in [4.78, 5) is 0. The molecule has 20 heavy (non-hydrogen) atoms. The van der Waals surface area contributed by atoms with E-state index in [-0.39, 0.29) is 12.1 Å². The monoisotopic (exact) mass is 269 g/mol. The molecule has 1 aliphatic rings. The molecule has 0 aliphatic carbocycles. The van der Waals surface area contributed by atoms with Gasteiger partial charge in [0.2, 0.25) is 0 Å². The number of benzene rings is 2. The first-order chi connectivity index (χ1) is 9.74. The van der Waals surface area contributed by atoms with Crippen molar-refractivity contribution in [3.63, 3.8) is 0 Å². The highest BCUT2D eigenvalue weighted by molar-refractivity contribution is 6.40. The standard InChI is InChI=1S/C15H16BNO3/c1-11(17)15(12-7-3-2-4-8-12)20-16-18-13-9-5-6-10-14(13)19-16/h2-11,15H,17H2,1H3/t11-,15-/m0/s1. The molecule has 0 saturated carbocycles. The number of para-hydroxylation sites is 2. The van der Waals surface area contributed by atoms with E-state index in [4.69, 9.17) is 19.7 Å². The summed E-state index contributed by atoms with van der Waals surface area (Å²) in [5, 5.41) is 0. The zero-order valence-corrected chi connectivity index (χ0v) is 11.2. The number of rotatable bonds is 4. The van der Waals surface area contributed by atoms with Crippen LogP contribution in [-0.2, 0) is 4.65 Å². The molecule has 102 valence electrons. The molecule has 1 aliphatic heterocycles. The minimum Gasteiger partial charge on any atom is -0.498 e. The van der Waals surface area contributed by atoms with Gasteiger partial charge in [-0.1, -0.05) is 42.5 Å². The first-order valence-electron chi connectivity index (χ1n) is 6.62. The normalized spacial score (nSPS) is 16.0. The van der Waals surface area contributed by atoms with Crippen molar-refractivity contribution in [2.75, 3.05) is 0 Å². The summed E-state index contributed by atoms with van der Waals surface area (Å²) in [6.07, 6.45) is -0.282. The summed E-state index contributed by atoms with van der Waals surface area (Å²) < 4.78 is 17.1. The van der Waals surface area contributed by atoms with Gasteiger partial charge in [-0.05, 0) is 24.6 Å². The second-order valence-electron chi connectivity index (χ2n) is 4.80. The molecule has 4 nitrogen and oxygen atoms in total. The van der Waals surface area contributed by atoms with Crippen LogP contribution in [0.3, 0.4) is 0 Å². The summed E-state index contributed by atoms with van der Waals surface area (Å²) >= 11 is 0. The maximum atomic E-state index is 6.02. The van der Waals surface area contributed by atoms with Crippen molar-refractivity contribution < 1.29 is 14.0 Å². The number of nitrogens with two attached hydrogens (primary N) is 1. The maximum absolute atomic E-state index is 6.02. The lowest BCUT2D eigenvalue weighted by molar-refractivity contribution is 0.124. The SMILES string of the molecule is C[C@H](N)[C@H](OB1Oc2ccccc2O1)c1ccccc1. The van der Waals surface area contributed by atoms with Crippen LogP contribution in [-0.4, -0.2) is 13.4 Å². The van der Waals surface area contributed by atoms with E-state index in [1.807, 2.05) is 61.5 Å². The van der Waals surface area contributed by atoms with E-state index >= 15 is 0 Å². The van der Waals surface area contributed by atoms with E-state index in [1.165, 1.54) is 0 Å².